The lowest BCUT2D eigenvalue weighted by Crippen LogP contribution is -2.30. The van der Waals surface area contributed by atoms with E-state index in [4.69, 9.17) is 10.5 Å². The van der Waals surface area contributed by atoms with Crippen LogP contribution in [0.1, 0.15) is 21.5 Å². The van der Waals surface area contributed by atoms with Gasteiger partial charge in [0.15, 0.2) is 0 Å². The Morgan fingerprint density at radius 2 is 1.67 bits per heavy atom. The third kappa shape index (κ3) is 3.07. The van der Waals surface area contributed by atoms with E-state index in [1.165, 1.54) is 20.2 Å². The van der Waals surface area contributed by atoms with Crippen molar-refractivity contribution in [3.8, 4) is 5.75 Å². The fraction of sp³-hybridized carbons (Fsp3) is 0.235. The van der Waals surface area contributed by atoms with Gasteiger partial charge in [-0.3, -0.25) is 9.10 Å². The Kier molecular flexibility index (Phi) is 4.84. The Morgan fingerprint density at radius 3 is 2.17 bits per heavy atom. The molecule has 24 heavy (non-hydrogen) atoms. The van der Waals surface area contributed by atoms with Crippen LogP contribution in [0.5, 0.6) is 5.75 Å². The summed E-state index contributed by atoms with van der Waals surface area (Å²) in [5.74, 6) is -0.0973. The molecule has 2 aromatic carbocycles. The maximum atomic E-state index is 13.1. The molecule has 7 heteroatoms. The molecular formula is C17H20N2O4S. The molecule has 0 aromatic heterocycles. The SMILES string of the molecule is COc1cc(C)c(S(=O)(=O)N(C)c2ccccc2C(N)=O)c(C)c1. The fourth-order valence-electron chi connectivity index (χ4n) is 2.66. The van der Waals surface area contributed by atoms with Gasteiger partial charge in [0.25, 0.3) is 15.9 Å². The van der Waals surface area contributed by atoms with Crippen molar-refractivity contribution in [2.24, 2.45) is 5.73 Å². The van der Waals surface area contributed by atoms with E-state index < -0.39 is 15.9 Å². The zero-order valence-electron chi connectivity index (χ0n) is 14.0. The van der Waals surface area contributed by atoms with Crippen molar-refractivity contribution >= 4 is 21.6 Å². The van der Waals surface area contributed by atoms with Crippen molar-refractivity contribution in [1.29, 1.82) is 0 Å². The monoisotopic (exact) mass is 348 g/mol. The van der Waals surface area contributed by atoms with Gasteiger partial charge >= 0.3 is 0 Å². The second kappa shape index (κ2) is 6.52. The average molecular weight is 348 g/mol. The number of ether oxygens (including phenoxy) is 1. The Morgan fingerprint density at radius 1 is 1.12 bits per heavy atom. The van der Waals surface area contributed by atoms with Gasteiger partial charge in [0.2, 0.25) is 0 Å². The highest BCUT2D eigenvalue weighted by Gasteiger charge is 2.28. The minimum absolute atomic E-state index is 0.146. The van der Waals surface area contributed by atoms with E-state index in [1.807, 2.05) is 0 Å². The number of benzene rings is 2. The summed E-state index contributed by atoms with van der Waals surface area (Å²) in [6, 6.07) is 9.65. The number of methoxy groups -OCH3 is 1. The van der Waals surface area contributed by atoms with Gasteiger partial charge in [-0.1, -0.05) is 12.1 Å². The van der Waals surface area contributed by atoms with Crippen LogP contribution in [0.3, 0.4) is 0 Å². The van der Waals surface area contributed by atoms with E-state index in [2.05, 4.69) is 0 Å². The number of carbonyl (C=O) groups excluding carboxylic acids is 1. The predicted molar refractivity (Wildman–Crippen MR) is 93.0 cm³/mol. The van der Waals surface area contributed by atoms with Crippen molar-refractivity contribution in [3.05, 3.63) is 53.1 Å². The number of carbonyl (C=O) groups is 1. The Labute approximate surface area is 141 Å². The second-order valence-corrected chi connectivity index (χ2v) is 7.35. The standard InChI is InChI=1S/C17H20N2O4S/c1-11-9-13(23-4)10-12(2)16(11)24(21,22)19(3)15-8-6-5-7-14(15)17(18)20/h5-10H,1-4H3,(H2,18,20). The number of nitrogens with zero attached hydrogens (tertiary/aromatic N) is 1. The molecule has 1 amide bonds. The van der Waals surface area contributed by atoms with Gasteiger partial charge in [-0.25, -0.2) is 8.42 Å². The molecule has 0 heterocycles. The number of aryl methyl sites for hydroxylation is 2. The van der Waals surface area contributed by atoms with E-state index in [0.29, 0.717) is 16.9 Å². The molecule has 6 nitrogen and oxygen atoms in total. The molecule has 0 aliphatic carbocycles. The number of para-hydroxylation sites is 1. The first-order valence-corrected chi connectivity index (χ1v) is 8.67. The molecule has 2 rings (SSSR count). The molecule has 0 atom stereocenters. The highest BCUT2D eigenvalue weighted by molar-refractivity contribution is 7.93. The van der Waals surface area contributed by atoms with Gasteiger partial charge in [0.1, 0.15) is 5.75 Å². The van der Waals surface area contributed by atoms with Gasteiger partial charge < -0.3 is 10.5 Å². The van der Waals surface area contributed by atoms with Crippen LogP contribution in [0.2, 0.25) is 0 Å². The fourth-order valence-corrected chi connectivity index (χ4v) is 4.28. The van der Waals surface area contributed by atoms with Gasteiger partial charge in [-0.15, -0.1) is 0 Å². The van der Waals surface area contributed by atoms with Crippen LogP contribution in [0.4, 0.5) is 5.69 Å². The molecule has 0 bridgehead atoms. The van der Waals surface area contributed by atoms with Gasteiger partial charge in [-0.05, 0) is 49.2 Å². The predicted octanol–water partition coefficient (Wildman–Crippen LogP) is 2.24. The van der Waals surface area contributed by atoms with Crippen LogP contribution in [0.25, 0.3) is 0 Å². The normalized spacial score (nSPS) is 11.2. The van der Waals surface area contributed by atoms with E-state index in [0.717, 1.165) is 4.31 Å². The topological polar surface area (TPSA) is 89.7 Å². The largest absolute Gasteiger partial charge is 0.497 e. The van der Waals surface area contributed by atoms with Gasteiger partial charge in [0.05, 0.1) is 23.3 Å². The zero-order chi connectivity index (χ0) is 18.1. The van der Waals surface area contributed by atoms with Crippen molar-refractivity contribution in [2.45, 2.75) is 18.7 Å². The first-order valence-electron chi connectivity index (χ1n) is 7.23. The molecule has 2 N–H and O–H groups in total. The Balaban J connectivity index is 2.62. The molecule has 0 saturated heterocycles. The van der Waals surface area contributed by atoms with Crippen LogP contribution in [0, 0.1) is 13.8 Å². The maximum Gasteiger partial charge on any atom is 0.264 e. The molecule has 0 fully saturated rings. The molecule has 0 aliphatic rings. The van der Waals surface area contributed by atoms with Crippen molar-refractivity contribution in [3.63, 3.8) is 0 Å². The highest BCUT2D eigenvalue weighted by Crippen LogP contribution is 2.31. The van der Waals surface area contributed by atoms with E-state index in [9.17, 15) is 13.2 Å². The molecule has 0 aliphatic heterocycles. The molecule has 2 aromatic rings. The average Bonchev–Trinajstić information content (AvgIpc) is 2.52. The third-order valence-corrected chi connectivity index (χ3v) is 5.87. The lowest BCUT2D eigenvalue weighted by molar-refractivity contribution is 0.100. The summed E-state index contributed by atoms with van der Waals surface area (Å²) in [4.78, 5) is 11.8. The highest BCUT2D eigenvalue weighted by atomic mass is 32.2. The van der Waals surface area contributed by atoms with Crippen LogP contribution >= 0.6 is 0 Å². The first kappa shape index (κ1) is 17.8. The Bertz CT molecular complexity index is 868. The minimum atomic E-state index is -3.86. The summed E-state index contributed by atoms with van der Waals surface area (Å²) >= 11 is 0. The third-order valence-electron chi connectivity index (χ3n) is 3.80. The number of hydrogen-bond donors (Lipinski definition) is 1. The summed E-state index contributed by atoms with van der Waals surface area (Å²) in [6.07, 6.45) is 0. The zero-order valence-corrected chi connectivity index (χ0v) is 14.8. The van der Waals surface area contributed by atoms with Gasteiger partial charge in [-0.2, -0.15) is 0 Å². The summed E-state index contributed by atoms with van der Waals surface area (Å²) < 4.78 is 32.4. The van der Waals surface area contributed by atoms with Crippen molar-refractivity contribution in [1.82, 2.24) is 0 Å². The molecule has 0 saturated carbocycles. The van der Waals surface area contributed by atoms with E-state index in [-0.39, 0.29) is 16.1 Å². The molecule has 0 spiro atoms. The summed E-state index contributed by atoms with van der Waals surface area (Å²) in [5.41, 5.74) is 6.87. The number of sulfonamides is 1. The van der Waals surface area contributed by atoms with E-state index in [1.54, 1.807) is 44.2 Å². The Hall–Kier alpha value is -2.54. The van der Waals surface area contributed by atoms with Crippen LogP contribution < -0.4 is 14.8 Å². The van der Waals surface area contributed by atoms with Crippen LogP contribution in [0.15, 0.2) is 41.3 Å². The van der Waals surface area contributed by atoms with Crippen molar-refractivity contribution in [2.75, 3.05) is 18.5 Å². The quantitative estimate of drug-likeness (QED) is 0.897. The number of nitrogens with two attached hydrogens (primary N) is 1. The number of rotatable bonds is 5. The minimum Gasteiger partial charge on any atom is -0.497 e. The number of anilines is 1. The summed E-state index contributed by atoms with van der Waals surface area (Å²) in [5, 5.41) is 0. The smallest absolute Gasteiger partial charge is 0.264 e. The lowest BCUT2D eigenvalue weighted by atomic mass is 10.1. The maximum absolute atomic E-state index is 13.1. The van der Waals surface area contributed by atoms with Gasteiger partial charge in [0, 0.05) is 7.05 Å². The molecule has 128 valence electrons. The van der Waals surface area contributed by atoms with E-state index >= 15 is 0 Å². The number of primary amides is 1. The first-order chi connectivity index (χ1) is 11.2. The molecular weight excluding hydrogens is 328 g/mol. The van der Waals surface area contributed by atoms with Crippen LogP contribution in [-0.2, 0) is 10.0 Å². The number of amides is 1. The van der Waals surface area contributed by atoms with Crippen molar-refractivity contribution < 1.29 is 17.9 Å². The molecule has 0 radical (unpaired) electrons. The summed E-state index contributed by atoms with van der Waals surface area (Å²) in [7, 11) is -0.936. The summed E-state index contributed by atoms with van der Waals surface area (Å²) in [6.45, 7) is 3.41. The second-order valence-electron chi connectivity index (χ2n) is 5.44. The lowest BCUT2D eigenvalue weighted by Gasteiger charge is -2.23. The molecule has 0 unspecified atom stereocenters. The number of hydrogen-bond acceptors (Lipinski definition) is 4. The van der Waals surface area contributed by atoms with Crippen LogP contribution in [-0.4, -0.2) is 28.5 Å².